The number of carbonyl (C=O) groups is 4. The molecule has 2 aliphatic heterocycles. The standard InChI is InChI=1S/C22H19Cl2N3O5/c1-11-13(23)5-3-7-15(11)25-19(28)9-17(21(25)30)27(32)18-10-20(29)26(22(18)31)16-8-4-6-14(24)12(16)2/h3-8,17-18,32H,9-10H2,1-2H3/t17-,18+. The topological polar surface area (TPSA) is 98.2 Å². The maximum atomic E-state index is 13.0. The van der Waals surface area contributed by atoms with Gasteiger partial charge in [0.1, 0.15) is 12.1 Å². The van der Waals surface area contributed by atoms with Crippen LogP contribution in [0, 0.1) is 13.8 Å². The summed E-state index contributed by atoms with van der Waals surface area (Å²) in [5, 5.41) is 12.1. The number of anilines is 2. The number of hydrogen-bond acceptors (Lipinski definition) is 6. The summed E-state index contributed by atoms with van der Waals surface area (Å²) in [6, 6.07) is 7.04. The molecular weight excluding hydrogens is 457 g/mol. The van der Waals surface area contributed by atoms with Gasteiger partial charge in [-0.3, -0.25) is 19.2 Å². The van der Waals surface area contributed by atoms with Crippen LogP contribution in [0.25, 0.3) is 0 Å². The second-order valence-corrected chi connectivity index (χ2v) is 8.54. The molecule has 2 aromatic carbocycles. The number of rotatable bonds is 4. The fraction of sp³-hybridized carbons (Fsp3) is 0.273. The van der Waals surface area contributed by atoms with E-state index in [9.17, 15) is 24.4 Å². The number of carbonyl (C=O) groups excluding carboxylic acids is 4. The Morgan fingerprint density at radius 3 is 1.53 bits per heavy atom. The lowest BCUT2D eigenvalue weighted by atomic mass is 10.1. The first-order valence-electron chi connectivity index (χ1n) is 9.84. The summed E-state index contributed by atoms with van der Waals surface area (Å²) < 4.78 is 0. The number of hydrogen-bond donors (Lipinski definition) is 1. The predicted octanol–water partition coefficient (Wildman–Crippen LogP) is 3.27. The zero-order valence-electron chi connectivity index (χ0n) is 17.2. The molecule has 166 valence electrons. The second-order valence-electron chi connectivity index (χ2n) is 7.72. The molecular formula is C22H19Cl2N3O5. The van der Waals surface area contributed by atoms with Crippen molar-refractivity contribution in [1.82, 2.24) is 5.06 Å². The van der Waals surface area contributed by atoms with Crippen molar-refractivity contribution >= 4 is 58.2 Å². The van der Waals surface area contributed by atoms with Crippen LogP contribution in [0.3, 0.4) is 0 Å². The van der Waals surface area contributed by atoms with Crippen LogP contribution in [-0.2, 0) is 19.2 Å². The molecule has 32 heavy (non-hydrogen) atoms. The van der Waals surface area contributed by atoms with Crippen molar-refractivity contribution in [2.75, 3.05) is 9.80 Å². The Bertz CT molecular complexity index is 1080. The van der Waals surface area contributed by atoms with E-state index in [1.165, 1.54) is 0 Å². The number of halogens is 2. The molecule has 0 bridgehead atoms. The average molecular weight is 476 g/mol. The van der Waals surface area contributed by atoms with Crippen molar-refractivity contribution in [2.45, 2.75) is 38.8 Å². The Morgan fingerprint density at radius 2 is 1.16 bits per heavy atom. The Balaban J connectivity index is 1.60. The number of nitrogens with zero attached hydrogens (tertiary/aromatic N) is 3. The maximum absolute atomic E-state index is 13.0. The Kier molecular flexibility index (Phi) is 5.81. The van der Waals surface area contributed by atoms with Crippen LogP contribution in [0.2, 0.25) is 10.0 Å². The molecule has 2 aromatic rings. The van der Waals surface area contributed by atoms with Crippen LogP contribution >= 0.6 is 23.2 Å². The van der Waals surface area contributed by atoms with Gasteiger partial charge in [-0.25, -0.2) is 9.80 Å². The number of imide groups is 2. The van der Waals surface area contributed by atoms with E-state index < -0.39 is 35.7 Å². The normalized spacial score (nSPS) is 21.4. The van der Waals surface area contributed by atoms with E-state index in [4.69, 9.17) is 23.2 Å². The lowest BCUT2D eigenvalue weighted by molar-refractivity contribution is -0.172. The van der Waals surface area contributed by atoms with E-state index in [1.54, 1.807) is 50.2 Å². The van der Waals surface area contributed by atoms with Crippen LogP contribution in [-0.4, -0.2) is 46.0 Å². The van der Waals surface area contributed by atoms with Crippen molar-refractivity contribution in [3.05, 3.63) is 57.6 Å². The Morgan fingerprint density at radius 1 is 0.781 bits per heavy atom. The minimum atomic E-state index is -1.30. The molecule has 0 radical (unpaired) electrons. The molecule has 0 spiro atoms. The number of hydroxylamine groups is 2. The van der Waals surface area contributed by atoms with E-state index >= 15 is 0 Å². The van der Waals surface area contributed by atoms with Gasteiger partial charge in [-0.05, 0) is 49.2 Å². The summed E-state index contributed by atoms with van der Waals surface area (Å²) in [4.78, 5) is 53.3. The van der Waals surface area contributed by atoms with Gasteiger partial charge < -0.3 is 5.21 Å². The summed E-state index contributed by atoms with van der Waals surface area (Å²) in [7, 11) is 0. The van der Waals surface area contributed by atoms with Crippen LogP contribution in [0.4, 0.5) is 11.4 Å². The smallest absolute Gasteiger partial charge is 0.254 e. The van der Waals surface area contributed by atoms with Crippen molar-refractivity contribution in [1.29, 1.82) is 0 Å². The second kappa shape index (κ2) is 8.29. The summed E-state index contributed by atoms with van der Waals surface area (Å²) in [6.45, 7) is 3.35. The zero-order chi connectivity index (χ0) is 23.3. The lowest BCUT2D eigenvalue weighted by Crippen LogP contribution is -2.49. The van der Waals surface area contributed by atoms with Gasteiger partial charge in [0.05, 0.1) is 24.2 Å². The summed E-state index contributed by atoms with van der Waals surface area (Å²) in [6.07, 6.45) is -0.676. The van der Waals surface area contributed by atoms with Crippen molar-refractivity contribution in [3.63, 3.8) is 0 Å². The third kappa shape index (κ3) is 3.49. The zero-order valence-corrected chi connectivity index (χ0v) is 18.7. The quantitative estimate of drug-likeness (QED) is 0.538. The highest BCUT2D eigenvalue weighted by atomic mass is 35.5. The van der Waals surface area contributed by atoms with Crippen LogP contribution in [0.15, 0.2) is 36.4 Å². The SMILES string of the molecule is Cc1c(Cl)cccc1N1C(=O)C[C@@H](N(O)[C@H]2CC(=O)N(c3cccc(Cl)c3C)C2=O)C1=O. The average Bonchev–Trinajstić information content (AvgIpc) is 3.21. The highest BCUT2D eigenvalue weighted by molar-refractivity contribution is 6.33. The summed E-state index contributed by atoms with van der Waals surface area (Å²) >= 11 is 12.2. The van der Waals surface area contributed by atoms with Gasteiger partial charge in [-0.2, -0.15) is 5.06 Å². The lowest BCUT2D eigenvalue weighted by Gasteiger charge is -2.26. The maximum Gasteiger partial charge on any atom is 0.254 e. The molecule has 2 atom stereocenters. The molecule has 4 rings (SSSR count). The largest absolute Gasteiger partial charge is 0.312 e. The van der Waals surface area contributed by atoms with Crippen LogP contribution in [0.1, 0.15) is 24.0 Å². The first kappa shape index (κ1) is 22.4. The third-order valence-corrected chi connectivity index (χ3v) is 6.66. The molecule has 2 saturated heterocycles. The molecule has 0 saturated carbocycles. The van der Waals surface area contributed by atoms with Gasteiger partial charge in [-0.15, -0.1) is 0 Å². The van der Waals surface area contributed by atoms with Gasteiger partial charge in [-0.1, -0.05) is 35.3 Å². The van der Waals surface area contributed by atoms with Gasteiger partial charge >= 0.3 is 0 Å². The van der Waals surface area contributed by atoms with Crippen LogP contribution < -0.4 is 9.80 Å². The molecule has 2 aliphatic rings. The van der Waals surface area contributed by atoms with Gasteiger partial charge in [0, 0.05) is 10.0 Å². The molecule has 8 nitrogen and oxygen atoms in total. The molecule has 2 fully saturated rings. The Labute approximate surface area is 193 Å². The molecule has 0 unspecified atom stereocenters. The highest BCUT2D eigenvalue weighted by Crippen LogP contribution is 2.35. The van der Waals surface area contributed by atoms with Crippen molar-refractivity contribution < 1.29 is 24.4 Å². The first-order valence-corrected chi connectivity index (χ1v) is 10.6. The summed E-state index contributed by atoms with van der Waals surface area (Å²) in [5.74, 6) is -2.46. The Hall–Kier alpha value is -2.78. The van der Waals surface area contributed by atoms with Gasteiger partial charge in [0.25, 0.3) is 11.8 Å². The molecule has 0 aromatic heterocycles. The fourth-order valence-electron chi connectivity index (χ4n) is 4.05. The third-order valence-electron chi connectivity index (χ3n) is 5.84. The van der Waals surface area contributed by atoms with E-state index in [2.05, 4.69) is 0 Å². The minimum Gasteiger partial charge on any atom is -0.312 e. The van der Waals surface area contributed by atoms with E-state index in [0.29, 0.717) is 37.6 Å². The molecule has 2 heterocycles. The monoisotopic (exact) mass is 475 g/mol. The van der Waals surface area contributed by atoms with E-state index in [-0.39, 0.29) is 12.8 Å². The molecule has 4 amide bonds. The molecule has 1 N–H and O–H groups in total. The molecule has 10 heteroatoms. The summed E-state index contributed by atoms with van der Waals surface area (Å²) in [5.41, 5.74) is 1.70. The fourth-order valence-corrected chi connectivity index (χ4v) is 4.38. The first-order chi connectivity index (χ1) is 15.1. The van der Waals surface area contributed by atoms with Gasteiger partial charge in [0.15, 0.2) is 0 Å². The van der Waals surface area contributed by atoms with Crippen molar-refractivity contribution in [3.8, 4) is 0 Å². The van der Waals surface area contributed by atoms with Crippen LogP contribution in [0.5, 0.6) is 0 Å². The number of benzene rings is 2. The molecule has 0 aliphatic carbocycles. The minimum absolute atomic E-state index is 0.313. The number of amides is 4. The van der Waals surface area contributed by atoms with E-state index in [1.807, 2.05) is 0 Å². The van der Waals surface area contributed by atoms with Crippen molar-refractivity contribution in [2.24, 2.45) is 0 Å². The van der Waals surface area contributed by atoms with Gasteiger partial charge in [0.2, 0.25) is 11.8 Å². The van der Waals surface area contributed by atoms with E-state index in [0.717, 1.165) is 9.80 Å². The highest BCUT2D eigenvalue weighted by Gasteiger charge is 2.51. The predicted molar refractivity (Wildman–Crippen MR) is 118 cm³/mol.